The van der Waals surface area contributed by atoms with Crippen molar-refractivity contribution in [3.63, 3.8) is 0 Å². The molecule has 0 atom stereocenters. The van der Waals surface area contributed by atoms with E-state index in [0.717, 1.165) is 21.6 Å². The summed E-state index contributed by atoms with van der Waals surface area (Å²) in [6.45, 7) is 7.08. The van der Waals surface area contributed by atoms with E-state index in [1.54, 1.807) is 28.8 Å². The molecule has 0 spiro atoms. The fourth-order valence-corrected chi connectivity index (χ4v) is 4.05. The van der Waals surface area contributed by atoms with Gasteiger partial charge in [0.15, 0.2) is 0 Å². The van der Waals surface area contributed by atoms with E-state index in [-0.39, 0.29) is 17.1 Å². The number of aromatic nitrogens is 2. The van der Waals surface area contributed by atoms with Crippen LogP contribution in [0.2, 0.25) is 0 Å². The summed E-state index contributed by atoms with van der Waals surface area (Å²) >= 11 is 1.40. The SMILES string of the molecule is Cc1nn(-c2ccc(F)cc2)c2sc(C(=O)N(C)CC(C)(C)CN)cc12. The molecule has 26 heavy (non-hydrogen) atoms. The minimum Gasteiger partial charge on any atom is -0.340 e. The van der Waals surface area contributed by atoms with Crippen molar-refractivity contribution in [2.75, 3.05) is 20.1 Å². The van der Waals surface area contributed by atoms with Gasteiger partial charge in [-0.15, -0.1) is 11.3 Å². The highest BCUT2D eigenvalue weighted by atomic mass is 32.1. The first-order valence-electron chi connectivity index (χ1n) is 8.42. The first-order valence-corrected chi connectivity index (χ1v) is 9.24. The molecular weight excluding hydrogens is 351 g/mol. The molecule has 7 heteroatoms. The summed E-state index contributed by atoms with van der Waals surface area (Å²) in [6, 6.07) is 8.05. The molecule has 0 unspecified atom stereocenters. The fourth-order valence-electron chi connectivity index (χ4n) is 2.88. The second-order valence-electron chi connectivity index (χ2n) is 7.33. The van der Waals surface area contributed by atoms with Crippen molar-refractivity contribution in [1.29, 1.82) is 0 Å². The minimum atomic E-state index is -0.292. The molecular formula is C19H23FN4OS. The predicted octanol–water partition coefficient (Wildman–Crippen LogP) is 3.59. The molecule has 0 fully saturated rings. The smallest absolute Gasteiger partial charge is 0.263 e. The minimum absolute atomic E-state index is 0.0298. The third kappa shape index (κ3) is 3.50. The maximum Gasteiger partial charge on any atom is 0.263 e. The topological polar surface area (TPSA) is 64.2 Å². The number of aryl methyl sites for hydroxylation is 1. The van der Waals surface area contributed by atoms with Gasteiger partial charge in [0.05, 0.1) is 16.3 Å². The van der Waals surface area contributed by atoms with Crippen LogP contribution in [0.15, 0.2) is 30.3 Å². The van der Waals surface area contributed by atoms with Crippen molar-refractivity contribution in [3.8, 4) is 5.69 Å². The van der Waals surface area contributed by atoms with Gasteiger partial charge in [-0.3, -0.25) is 4.79 Å². The quantitative estimate of drug-likeness (QED) is 0.742. The van der Waals surface area contributed by atoms with Crippen LogP contribution < -0.4 is 5.73 Å². The van der Waals surface area contributed by atoms with Gasteiger partial charge in [0.25, 0.3) is 5.91 Å². The molecule has 0 radical (unpaired) electrons. The Hall–Kier alpha value is -2.25. The van der Waals surface area contributed by atoms with Crippen molar-refractivity contribution in [2.24, 2.45) is 11.1 Å². The number of carbonyl (C=O) groups is 1. The molecule has 0 aliphatic heterocycles. The molecule has 1 aromatic carbocycles. The average Bonchev–Trinajstić information content (AvgIpc) is 3.15. The number of hydrogen-bond acceptors (Lipinski definition) is 4. The second-order valence-corrected chi connectivity index (χ2v) is 8.36. The van der Waals surface area contributed by atoms with Crippen molar-refractivity contribution in [2.45, 2.75) is 20.8 Å². The van der Waals surface area contributed by atoms with Gasteiger partial charge in [0.2, 0.25) is 0 Å². The molecule has 138 valence electrons. The van der Waals surface area contributed by atoms with Gasteiger partial charge in [0, 0.05) is 19.0 Å². The van der Waals surface area contributed by atoms with Gasteiger partial charge in [-0.05, 0) is 49.2 Å². The Morgan fingerprint density at radius 1 is 1.35 bits per heavy atom. The van der Waals surface area contributed by atoms with E-state index in [4.69, 9.17) is 5.73 Å². The molecule has 0 saturated heterocycles. The molecule has 0 aliphatic rings. The van der Waals surface area contributed by atoms with E-state index in [1.807, 2.05) is 26.8 Å². The number of nitrogens with zero attached hydrogens (tertiary/aromatic N) is 3. The molecule has 5 nitrogen and oxygen atoms in total. The van der Waals surface area contributed by atoms with Crippen molar-refractivity contribution < 1.29 is 9.18 Å². The molecule has 2 heterocycles. The van der Waals surface area contributed by atoms with Gasteiger partial charge >= 0.3 is 0 Å². The van der Waals surface area contributed by atoms with Crippen LogP contribution in [-0.4, -0.2) is 40.7 Å². The number of fused-ring (bicyclic) bond motifs is 1. The molecule has 2 aromatic heterocycles. The van der Waals surface area contributed by atoms with Crippen LogP contribution >= 0.6 is 11.3 Å². The van der Waals surface area contributed by atoms with Crippen LogP contribution in [0.4, 0.5) is 4.39 Å². The summed E-state index contributed by atoms with van der Waals surface area (Å²) in [5.74, 6) is -0.321. The van der Waals surface area contributed by atoms with E-state index in [9.17, 15) is 9.18 Å². The maximum absolute atomic E-state index is 13.2. The van der Waals surface area contributed by atoms with Gasteiger partial charge in [0.1, 0.15) is 10.6 Å². The summed E-state index contributed by atoms with van der Waals surface area (Å²) in [7, 11) is 1.79. The van der Waals surface area contributed by atoms with Gasteiger partial charge < -0.3 is 10.6 Å². The second kappa shape index (κ2) is 6.81. The fraction of sp³-hybridized carbons (Fsp3) is 0.368. The van der Waals surface area contributed by atoms with Crippen molar-refractivity contribution in [1.82, 2.24) is 14.7 Å². The third-order valence-corrected chi connectivity index (χ3v) is 5.49. The zero-order valence-corrected chi connectivity index (χ0v) is 16.2. The van der Waals surface area contributed by atoms with Crippen LogP contribution in [0, 0.1) is 18.2 Å². The van der Waals surface area contributed by atoms with E-state index >= 15 is 0 Å². The number of thiophene rings is 1. The number of benzene rings is 1. The molecule has 1 amide bonds. The van der Waals surface area contributed by atoms with E-state index in [2.05, 4.69) is 5.10 Å². The molecule has 0 saturated carbocycles. The Morgan fingerprint density at radius 3 is 2.62 bits per heavy atom. The number of nitrogens with two attached hydrogens (primary N) is 1. The summed E-state index contributed by atoms with van der Waals surface area (Å²) in [4.78, 5) is 16.1. The van der Waals surface area contributed by atoms with Crippen LogP contribution in [-0.2, 0) is 0 Å². The highest BCUT2D eigenvalue weighted by Crippen LogP contribution is 2.31. The van der Waals surface area contributed by atoms with E-state index < -0.39 is 0 Å². The highest BCUT2D eigenvalue weighted by molar-refractivity contribution is 7.20. The van der Waals surface area contributed by atoms with Gasteiger partial charge in [-0.25, -0.2) is 9.07 Å². The number of halogens is 1. The monoisotopic (exact) mass is 374 g/mol. The van der Waals surface area contributed by atoms with Crippen molar-refractivity contribution in [3.05, 3.63) is 46.7 Å². The van der Waals surface area contributed by atoms with Crippen LogP contribution in [0.25, 0.3) is 15.9 Å². The Morgan fingerprint density at radius 2 is 2.00 bits per heavy atom. The number of carbonyl (C=O) groups excluding carboxylic acids is 1. The summed E-state index contributed by atoms with van der Waals surface area (Å²) in [5, 5.41) is 5.47. The van der Waals surface area contributed by atoms with Gasteiger partial charge in [-0.2, -0.15) is 5.10 Å². The lowest BCUT2D eigenvalue weighted by atomic mass is 9.93. The Bertz CT molecular complexity index is 943. The van der Waals surface area contributed by atoms with Crippen LogP contribution in [0.1, 0.15) is 29.2 Å². The Kier molecular flexibility index (Phi) is 4.86. The highest BCUT2D eigenvalue weighted by Gasteiger charge is 2.24. The van der Waals surface area contributed by atoms with E-state index in [1.165, 1.54) is 23.5 Å². The lowest BCUT2D eigenvalue weighted by Gasteiger charge is -2.28. The first kappa shape index (κ1) is 18.5. The normalized spacial score (nSPS) is 11.9. The van der Waals surface area contributed by atoms with E-state index in [0.29, 0.717) is 18.0 Å². The molecule has 0 aliphatic carbocycles. The Labute approximate surface area is 156 Å². The number of amides is 1. The maximum atomic E-state index is 13.2. The van der Waals surface area contributed by atoms with Crippen LogP contribution in [0.5, 0.6) is 0 Å². The summed E-state index contributed by atoms with van der Waals surface area (Å²) < 4.78 is 15.0. The zero-order chi connectivity index (χ0) is 19.1. The van der Waals surface area contributed by atoms with Gasteiger partial charge in [-0.1, -0.05) is 13.8 Å². The molecule has 2 N–H and O–H groups in total. The molecule has 0 bridgehead atoms. The number of rotatable bonds is 5. The molecule has 3 aromatic rings. The average molecular weight is 374 g/mol. The summed E-state index contributed by atoms with van der Waals surface area (Å²) in [5.41, 5.74) is 7.25. The van der Waals surface area contributed by atoms with Crippen LogP contribution in [0.3, 0.4) is 0 Å². The summed E-state index contributed by atoms with van der Waals surface area (Å²) in [6.07, 6.45) is 0. The predicted molar refractivity (Wildman–Crippen MR) is 103 cm³/mol. The lowest BCUT2D eigenvalue weighted by molar-refractivity contribution is 0.0745. The first-order chi connectivity index (χ1) is 12.2. The largest absolute Gasteiger partial charge is 0.340 e. The third-order valence-electron chi connectivity index (χ3n) is 4.39. The van der Waals surface area contributed by atoms with Crippen molar-refractivity contribution >= 4 is 27.5 Å². The Balaban J connectivity index is 1.96. The number of hydrogen-bond donors (Lipinski definition) is 1. The lowest BCUT2D eigenvalue weighted by Crippen LogP contribution is -2.39. The standard InChI is InChI=1S/C19H23FN4OS/c1-12-15-9-16(17(25)23(4)11-19(2,3)10-21)26-18(15)24(22-12)14-7-5-13(20)6-8-14/h5-9H,10-11,21H2,1-4H3. The zero-order valence-electron chi connectivity index (χ0n) is 15.4. The molecule has 3 rings (SSSR count).